The minimum absolute atomic E-state index is 0.110. The smallest absolute Gasteiger partial charge is 0.328 e. The Bertz CT molecular complexity index is 1190. The van der Waals surface area contributed by atoms with E-state index < -0.39 is 5.54 Å². The molecular formula is C26H30N4O4S. The van der Waals surface area contributed by atoms with Gasteiger partial charge in [-0.05, 0) is 42.7 Å². The van der Waals surface area contributed by atoms with Gasteiger partial charge >= 0.3 is 6.03 Å². The second kappa shape index (κ2) is 9.93. The number of hydrogen-bond acceptors (Lipinski definition) is 7. The van der Waals surface area contributed by atoms with E-state index in [9.17, 15) is 9.59 Å². The first-order valence-electron chi connectivity index (χ1n) is 11.9. The van der Waals surface area contributed by atoms with Crippen molar-refractivity contribution >= 4 is 33.5 Å². The van der Waals surface area contributed by atoms with Crippen molar-refractivity contribution in [2.24, 2.45) is 0 Å². The summed E-state index contributed by atoms with van der Waals surface area (Å²) < 4.78 is 11.8. The molecule has 3 heterocycles. The van der Waals surface area contributed by atoms with E-state index in [-0.39, 0.29) is 18.5 Å². The predicted molar refractivity (Wildman–Crippen MR) is 134 cm³/mol. The topological polar surface area (TPSA) is 75.2 Å². The Kier molecular flexibility index (Phi) is 6.73. The van der Waals surface area contributed by atoms with Gasteiger partial charge in [0, 0.05) is 26.7 Å². The Morgan fingerprint density at radius 3 is 2.57 bits per heavy atom. The number of nitrogens with zero attached hydrogens (tertiary/aromatic N) is 4. The number of carbonyl (C=O) groups excluding carboxylic acids is 2. The number of piperidine rings is 1. The van der Waals surface area contributed by atoms with E-state index in [1.807, 2.05) is 42.5 Å². The fourth-order valence-corrected chi connectivity index (χ4v) is 6.12. The third-order valence-corrected chi connectivity index (χ3v) is 8.02. The molecule has 0 atom stereocenters. The van der Waals surface area contributed by atoms with Gasteiger partial charge in [-0.15, -0.1) is 11.3 Å². The molecule has 0 bridgehead atoms. The van der Waals surface area contributed by atoms with Gasteiger partial charge in [-0.25, -0.2) is 9.78 Å². The zero-order valence-electron chi connectivity index (χ0n) is 20.1. The normalized spacial score (nSPS) is 18.2. The summed E-state index contributed by atoms with van der Waals surface area (Å²) in [6, 6.07) is 15.4. The van der Waals surface area contributed by atoms with Gasteiger partial charge in [0.25, 0.3) is 5.91 Å². The van der Waals surface area contributed by atoms with Crippen LogP contribution in [0.1, 0.15) is 23.4 Å². The van der Waals surface area contributed by atoms with Crippen LogP contribution in [0.25, 0.3) is 10.2 Å². The predicted octanol–water partition coefficient (Wildman–Crippen LogP) is 3.75. The molecule has 0 radical (unpaired) electrons. The van der Waals surface area contributed by atoms with Gasteiger partial charge in [0.05, 0.1) is 37.0 Å². The summed E-state index contributed by atoms with van der Waals surface area (Å²) in [6.07, 6.45) is 1.20. The molecule has 0 unspecified atom stereocenters. The molecule has 2 saturated heterocycles. The molecule has 8 nitrogen and oxygen atoms in total. The van der Waals surface area contributed by atoms with Gasteiger partial charge in [-0.1, -0.05) is 24.3 Å². The van der Waals surface area contributed by atoms with Crippen LogP contribution in [0.15, 0.2) is 48.5 Å². The van der Waals surface area contributed by atoms with Crippen molar-refractivity contribution in [3.63, 3.8) is 0 Å². The van der Waals surface area contributed by atoms with E-state index >= 15 is 0 Å². The van der Waals surface area contributed by atoms with Gasteiger partial charge in [-0.3, -0.25) is 14.6 Å². The number of rotatable bonds is 8. The van der Waals surface area contributed by atoms with E-state index in [1.54, 1.807) is 30.5 Å². The second-order valence-electron chi connectivity index (χ2n) is 9.05. The highest BCUT2D eigenvalue weighted by Gasteiger charge is 2.57. The van der Waals surface area contributed by atoms with Gasteiger partial charge < -0.3 is 14.4 Å². The summed E-state index contributed by atoms with van der Waals surface area (Å²) in [6.45, 7) is 3.23. The SMILES string of the molecule is COCCN1C(=O)N(Cc2cccc(OC)c2)C(=O)C12CCN(Cc1nc3ccccc3s1)CC2. The second-order valence-corrected chi connectivity index (χ2v) is 10.2. The van der Waals surface area contributed by atoms with E-state index in [2.05, 4.69) is 11.0 Å². The van der Waals surface area contributed by atoms with E-state index in [1.165, 1.54) is 9.60 Å². The highest BCUT2D eigenvalue weighted by molar-refractivity contribution is 7.18. The molecule has 1 aromatic heterocycles. The maximum Gasteiger partial charge on any atom is 0.328 e. The largest absolute Gasteiger partial charge is 0.497 e. The van der Waals surface area contributed by atoms with Gasteiger partial charge in [0.1, 0.15) is 16.3 Å². The lowest BCUT2D eigenvalue weighted by molar-refractivity contribution is -0.136. The van der Waals surface area contributed by atoms with Gasteiger partial charge in [0.15, 0.2) is 0 Å². The highest BCUT2D eigenvalue weighted by atomic mass is 32.1. The Morgan fingerprint density at radius 2 is 1.83 bits per heavy atom. The maximum absolute atomic E-state index is 13.8. The van der Waals surface area contributed by atoms with Gasteiger partial charge in [0.2, 0.25) is 0 Å². The summed E-state index contributed by atoms with van der Waals surface area (Å²) in [7, 11) is 3.22. The van der Waals surface area contributed by atoms with Crippen molar-refractivity contribution in [3.05, 3.63) is 59.1 Å². The number of benzene rings is 2. The number of thiazole rings is 1. The molecule has 3 aromatic rings. The molecule has 2 aliphatic heterocycles. The van der Waals surface area contributed by atoms with Crippen molar-refractivity contribution in [1.29, 1.82) is 0 Å². The molecule has 0 saturated carbocycles. The molecule has 1 spiro atoms. The average molecular weight is 495 g/mol. The van der Waals surface area contributed by atoms with Crippen LogP contribution in [0.2, 0.25) is 0 Å². The van der Waals surface area contributed by atoms with Crippen molar-refractivity contribution in [2.45, 2.75) is 31.5 Å². The van der Waals surface area contributed by atoms with Crippen LogP contribution < -0.4 is 4.74 Å². The van der Waals surface area contributed by atoms with Crippen LogP contribution >= 0.6 is 11.3 Å². The van der Waals surface area contributed by atoms with E-state index in [0.717, 1.165) is 35.7 Å². The molecule has 2 aromatic carbocycles. The minimum atomic E-state index is -0.821. The average Bonchev–Trinajstić information content (AvgIpc) is 3.37. The van der Waals surface area contributed by atoms with Crippen LogP contribution in [0.3, 0.4) is 0 Å². The first kappa shape index (κ1) is 23.7. The molecule has 0 N–H and O–H groups in total. The molecular weight excluding hydrogens is 464 g/mol. The number of likely N-dealkylation sites (tertiary alicyclic amines) is 1. The Balaban J connectivity index is 1.32. The lowest BCUT2D eigenvalue weighted by Gasteiger charge is -2.42. The molecule has 2 fully saturated rings. The number of hydrogen-bond donors (Lipinski definition) is 0. The quantitative estimate of drug-likeness (QED) is 0.444. The highest BCUT2D eigenvalue weighted by Crippen LogP contribution is 2.38. The molecule has 184 valence electrons. The van der Waals surface area contributed by atoms with E-state index in [0.29, 0.717) is 31.7 Å². The standard InChI is InChI=1S/C26H30N4O4S/c1-33-15-14-30-25(32)29(17-19-6-5-7-20(16-19)34-2)24(31)26(30)10-12-28(13-11-26)18-23-27-21-8-3-4-9-22(21)35-23/h3-9,16H,10-15,17-18H2,1-2H3. The fourth-order valence-electron chi connectivity index (χ4n) is 5.11. The molecule has 2 aliphatic rings. The molecule has 0 aliphatic carbocycles. The molecule has 5 rings (SSSR count). The number of aromatic nitrogens is 1. The fraction of sp³-hybridized carbons (Fsp3) is 0.423. The van der Waals surface area contributed by atoms with E-state index in [4.69, 9.17) is 14.5 Å². The lowest BCUT2D eigenvalue weighted by Crippen LogP contribution is -2.57. The Hall–Kier alpha value is -3.01. The van der Waals surface area contributed by atoms with Crippen LogP contribution in [-0.4, -0.2) is 77.6 Å². The van der Waals surface area contributed by atoms with Crippen LogP contribution in [-0.2, 0) is 22.6 Å². The number of imide groups is 1. The minimum Gasteiger partial charge on any atom is -0.497 e. The Labute approximate surface area is 209 Å². The summed E-state index contributed by atoms with van der Waals surface area (Å²) in [5.41, 5.74) is 1.07. The lowest BCUT2D eigenvalue weighted by atomic mass is 9.85. The number of urea groups is 1. The maximum atomic E-state index is 13.8. The summed E-state index contributed by atoms with van der Waals surface area (Å²) >= 11 is 1.71. The van der Waals surface area contributed by atoms with Gasteiger partial charge in [-0.2, -0.15) is 0 Å². The zero-order valence-corrected chi connectivity index (χ0v) is 20.9. The van der Waals surface area contributed by atoms with Crippen LogP contribution in [0.4, 0.5) is 4.79 Å². The summed E-state index contributed by atoms with van der Waals surface area (Å²) in [5, 5.41) is 1.08. The molecule has 3 amide bonds. The number of amides is 3. The summed E-state index contributed by atoms with van der Waals surface area (Å²) in [5.74, 6) is 0.594. The first-order chi connectivity index (χ1) is 17.0. The third kappa shape index (κ3) is 4.51. The van der Waals surface area contributed by atoms with Crippen molar-refractivity contribution in [3.8, 4) is 5.75 Å². The number of para-hydroxylation sites is 1. The monoisotopic (exact) mass is 494 g/mol. The third-order valence-electron chi connectivity index (χ3n) is 7.00. The van der Waals surface area contributed by atoms with Crippen molar-refractivity contribution < 1.29 is 19.1 Å². The van der Waals surface area contributed by atoms with Crippen LogP contribution in [0, 0.1) is 0 Å². The van der Waals surface area contributed by atoms with Crippen molar-refractivity contribution in [2.75, 3.05) is 40.5 Å². The van der Waals surface area contributed by atoms with Crippen LogP contribution in [0.5, 0.6) is 5.75 Å². The number of fused-ring (bicyclic) bond motifs is 1. The van der Waals surface area contributed by atoms with Crippen molar-refractivity contribution in [1.82, 2.24) is 19.7 Å². The molecule has 35 heavy (non-hydrogen) atoms. The molecule has 9 heteroatoms. The number of ether oxygens (including phenoxy) is 2. The summed E-state index contributed by atoms with van der Waals surface area (Å²) in [4.78, 5) is 37.5. The number of methoxy groups -OCH3 is 2. The zero-order chi connectivity index (χ0) is 24.4. The number of carbonyl (C=O) groups is 2. The Morgan fingerprint density at radius 1 is 1.03 bits per heavy atom. The first-order valence-corrected chi connectivity index (χ1v) is 12.7.